The molecule has 0 aliphatic carbocycles. The Morgan fingerprint density at radius 1 is 1.07 bits per heavy atom. The number of hydrogen-bond acceptors (Lipinski definition) is 6. The number of carbonyl (C=O) groups excluding carboxylic acids is 1. The van der Waals surface area contributed by atoms with Crippen molar-refractivity contribution in [2.45, 2.75) is 32.6 Å². The van der Waals surface area contributed by atoms with Crippen LogP contribution in [0.4, 0.5) is 0 Å². The maximum Gasteiger partial charge on any atom is 0.253 e. The summed E-state index contributed by atoms with van der Waals surface area (Å²) in [4.78, 5) is 33.1. The number of piperidine rings is 1. The molecule has 0 atom stereocenters. The van der Waals surface area contributed by atoms with Crippen molar-refractivity contribution in [2.75, 3.05) is 13.1 Å². The van der Waals surface area contributed by atoms with Crippen LogP contribution in [-0.2, 0) is 0 Å². The molecule has 3 aromatic heterocycles. The molecule has 0 unspecified atom stereocenters. The largest absolute Gasteiger partial charge is 0.339 e. The van der Waals surface area contributed by atoms with Crippen molar-refractivity contribution in [1.82, 2.24) is 24.8 Å². The summed E-state index contributed by atoms with van der Waals surface area (Å²) in [5.41, 5.74) is 2.66. The minimum absolute atomic E-state index is 0.0864. The molecule has 0 bridgehead atoms. The summed E-state index contributed by atoms with van der Waals surface area (Å²) in [6, 6.07) is 5.48. The van der Waals surface area contributed by atoms with E-state index in [4.69, 9.17) is 4.98 Å². The number of pyridine rings is 1. The first-order chi connectivity index (χ1) is 13.1. The highest BCUT2D eigenvalue weighted by molar-refractivity contribution is 7.15. The Hall–Kier alpha value is -2.67. The van der Waals surface area contributed by atoms with E-state index >= 15 is 0 Å². The summed E-state index contributed by atoms with van der Waals surface area (Å²) in [7, 11) is 0. The number of amides is 1. The van der Waals surface area contributed by atoms with Crippen molar-refractivity contribution in [3.63, 3.8) is 0 Å². The number of aryl methyl sites for hydroxylation is 2. The maximum atomic E-state index is 12.6. The van der Waals surface area contributed by atoms with Gasteiger partial charge in [0.1, 0.15) is 5.82 Å². The van der Waals surface area contributed by atoms with Gasteiger partial charge in [0.05, 0.1) is 21.3 Å². The molecule has 1 fully saturated rings. The van der Waals surface area contributed by atoms with E-state index in [1.54, 1.807) is 42.1 Å². The second kappa shape index (κ2) is 7.52. The van der Waals surface area contributed by atoms with Crippen LogP contribution in [0.25, 0.3) is 10.6 Å². The molecule has 27 heavy (non-hydrogen) atoms. The van der Waals surface area contributed by atoms with Crippen molar-refractivity contribution in [1.29, 1.82) is 0 Å². The van der Waals surface area contributed by atoms with Crippen LogP contribution >= 0.6 is 11.3 Å². The summed E-state index contributed by atoms with van der Waals surface area (Å²) in [5, 5.41) is 1.15. The lowest BCUT2D eigenvalue weighted by molar-refractivity contribution is 0.0713. The number of thiazole rings is 1. The van der Waals surface area contributed by atoms with Crippen LogP contribution in [0, 0.1) is 13.8 Å². The van der Waals surface area contributed by atoms with Crippen molar-refractivity contribution >= 4 is 17.2 Å². The molecular formula is C20H21N5OS. The van der Waals surface area contributed by atoms with Crippen molar-refractivity contribution in [2.24, 2.45) is 0 Å². The highest BCUT2D eigenvalue weighted by Gasteiger charge is 2.27. The fraction of sp³-hybridized carbons (Fsp3) is 0.350. The average Bonchev–Trinajstić information content (AvgIpc) is 3.10. The minimum Gasteiger partial charge on any atom is -0.339 e. The Kier molecular flexibility index (Phi) is 4.94. The molecule has 6 nitrogen and oxygen atoms in total. The Morgan fingerprint density at radius 2 is 1.81 bits per heavy atom. The van der Waals surface area contributed by atoms with Gasteiger partial charge in [0.2, 0.25) is 0 Å². The first-order valence-electron chi connectivity index (χ1n) is 9.08. The van der Waals surface area contributed by atoms with E-state index in [0.717, 1.165) is 53.0 Å². The lowest BCUT2D eigenvalue weighted by Crippen LogP contribution is -2.37. The summed E-state index contributed by atoms with van der Waals surface area (Å²) < 4.78 is 0. The zero-order valence-electron chi connectivity index (χ0n) is 15.4. The molecule has 1 aliphatic rings. The fourth-order valence-corrected chi connectivity index (χ4v) is 4.62. The van der Waals surface area contributed by atoms with E-state index in [9.17, 15) is 4.79 Å². The third-order valence-corrected chi connectivity index (χ3v) is 6.22. The molecule has 0 saturated carbocycles. The molecule has 3 aromatic rings. The molecule has 0 N–H and O–H groups in total. The number of rotatable bonds is 3. The van der Waals surface area contributed by atoms with Gasteiger partial charge in [-0.2, -0.15) is 0 Å². The van der Waals surface area contributed by atoms with Gasteiger partial charge in [-0.05, 0) is 44.9 Å². The van der Waals surface area contributed by atoms with Gasteiger partial charge < -0.3 is 4.90 Å². The van der Waals surface area contributed by atoms with E-state index in [1.807, 2.05) is 24.8 Å². The Bertz CT molecular complexity index is 948. The number of nitrogens with zero attached hydrogens (tertiary/aromatic N) is 5. The molecule has 138 valence electrons. The van der Waals surface area contributed by atoms with Crippen molar-refractivity contribution in [3.05, 3.63) is 58.9 Å². The van der Waals surface area contributed by atoms with Gasteiger partial charge in [-0.3, -0.25) is 9.78 Å². The Labute approximate surface area is 162 Å². The first kappa shape index (κ1) is 17.7. The summed E-state index contributed by atoms with van der Waals surface area (Å²) in [6.45, 7) is 5.45. The summed E-state index contributed by atoms with van der Waals surface area (Å²) in [5.74, 6) is 1.25. The number of aromatic nitrogens is 4. The molecule has 7 heteroatoms. The van der Waals surface area contributed by atoms with Crippen LogP contribution < -0.4 is 0 Å². The van der Waals surface area contributed by atoms with E-state index in [-0.39, 0.29) is 5.91 Å². The van der Waals surface area contributed by atoms with E-state index < -0.39 is 0 Å². The Morgan fingerprint density at radius 3 is 2.52 bits per heavy atom. The van der Waals surface area contributed by atoms with Gasteiger partial charge in [0.15, 0.2) is 0 Å². The second-order valence-electron chi connectivity index (χ2n) is 6.76. The quantitative estimate of drug-likeness (QED) is 0.695. The predicted molar refractivity (Wildman–Crippen MR) is 105 cm³/mol. The minimum atomic E-state index is 0.0864. The van der Waals surface area contributed by atoms with E-state index in [0.29, 0.717) is 11.5 Å². The van der Waals surface area contributed by atoms with Gasteiger partial charge in [-0.15, -0.1) is 11.3 Å². The van der Waals surface area contributed by atoms with Crippen molar-refractivity contribution in [3.8, 4) is 10.6 Å². The molecule has 1 aliphatic heterocycles. The van der Waals surface area contributed by atoms with E-state index in [1.165, 1.54) is 0 Å². The number of hydrogen-bond donors (Lipinski definition) is 0. The second-order valence-corrected chi connectivity index (χ2v) is 7.79. The van der Waals surface area contributed by atoms with Crippen LogP contribution in [0.1, 0.15) is 45.6 Å². The van der Waals surface area contributed by atoms with Crippen molar-refractivity contribution < 1.29 is 4.79 Å². The third kappa shape index (κ3) is 3.73. The lowest BCUT2D eigenvalue weighted by Gasteiger charge is -2.31. The molecule has 1 amide bonds. The monoisotopic (exact) mass is 379 g/mol. The molecule has 4 heterocycles. The smallest absolute Gasteiger partial charge is 0.253 e. The molecule has 0 radical (unpaired) electrons. The predicted octanol–water partition coefficient (Wildman–Crippen LogP) is 3.63. The van der Waals surface area contributed by atoms with Crippen LogP contribution in [0.15, 0.2) is 36.8 Å². The summed E-state index contributed by atoms with van der Waals surface area (Å²) >= 11 is 1.72. The van der Waals surface area contributed by atoms with Gasteiger partial charge in [-0.25, -0.2) is 15.0 Å². The third-order valence-electron chi connectivity index (χ3n) is 4.88. The topological polar surface area (TPSA) is 71.9 Å². The lowest BCUT2D eigenvalue weighted by atomic mass is 9.97. The molecule has 0 spiro atoms. The van der Waals surface area contributed by atoms with Gasteiger partial charge in [0, 0.05) is 43.2 Å². The maximum absolute atomic E-state index is 12.6. The van der Waals surface area contributed by atoms with Crippen LogP contribution in [0.2, 0.25) is 0 Å². The van der Waals surface area contributed by atoms with E-state index in [2.05, 4.69) is 15.0 Å². The zero-order chi connectivity index (χ0) is 18.8. The fourth-order valence-electron chi connectivity index (χ4n) is 3.42. The van der Waals surface area contributed by atoms with Gasteiger partial charge in [-0.1, -0.05) is 0 Å². The zero-order valence-corrected chi connectivity index (χ0v) is 16.2. The van der Waals surface area contributed by atoms with Crippen LogP contribution in [-0.4, -0.2) is 43.8 Å². The first-order valence-corrected chi connectivity index (χ1v) is 9.90. The highest BCUT2D eigenvalue weighted by Crippen LogP contribution is 2.36. The van der Waals surface area contributed by atoms with Gasteiger partial charge >= 0.3 is 0 Å². The molecule has 1 saturated heterocycles. The van der Waals surface area contributed by atoms with Gasteiger partial charge in [0.25, 0.3) is 5.91 Å². The van der Waals surface area contributed by atoms with Crippen LogP contribution in [0.5, 0.6) is 0 Å². The number of likely N-dealkylation sites (tertiary alicyclic amines) is 1. The molecular weight excluding hydrogens is 358 g/mol. The highest BCUT2D eigenvalue weighted by atomic mass is 32.1. The number of carbonyl (C=O) groups is 1. The SMILES string of the molecule is Cc1nccc(-c2sc(C3CCN(C(=O)c4ccncc4)CC3)nc2C)n1. The van der Waals surface area contributed by atoms with Crippen LogP contribution in [0.3, 0.4) is 0 Å². The average molecular weight is 379 g/mol. The normalized spacial score (nSPS) is 15.1. The Balaban J connectivity index is 1.46. The molecule has 0 aromatic carbocycles. The standard InChI is InChI=1S/C20H21N5OS/c1-13-18(17-5-10-22-14(2)24-17)27-19(23-13)15-6-11-25(12-7-15)20(26)16-3-8-21-9-4-16/h3-5,8-10,15H,6-7,11-12H2,1-2H3. The molecule has 4 rings (SSSR count). The summed E-state index contributed by atoms with van der Waals surface area (Å²) in [6.07, 6.45) is 6.99.